The molecule has 1 radical (unpaired) electrons. The van der Waals surface area contributed by atoms with Crippen molar-refractivity contribution in [2.45, 2.75) is 12.7 Å². The zero-order chi connectivity index (χ0) is 9.84. The Balaban J connectivity index is 2.79. The molecule has 0 bridgehead atoms. The standard InChI is InChI=1S/C9H9F2O2/c1-6(12)7-3-2-4-8(5-7)13-9(10)11/h2-6,9,12H,1H2. The van der Waals surface area contributed by atoms with Gasteiger partial charge in [-0.25, -0.2) is 0 Å². The number of hydrogen-bond donors (Lipinski definition) is 1. The molecule has 13 heavy (non-hydrogen) atoms. The van der Waals surface area contributed by atoms with Crippen LogP contribution < -0.4 is 4.74 Å². The number of hydrogen-bond acceptors (Lipinski definition) is 2. The molecule has 1 unspecified atom stereocenters. The molecule has 0 aromatic heterocycles. The van der Waals surface area contributed by atoms with Gasteiger partial charge in [-0.1, -0.05) is 12.1 Å². The summed E-state index contributed by atoms with van der Waals surface area (Å²) in [5.41, 5.74) is 0.443. The van der Waals surface area contributed by atoms with Gasteiger partial charge in [-0.2, -0.15) is 8.78 Å². The van der Waals surface area contributed by atoms with Gasteiger partial charge in [0, 0.05) is 0 Å². The number of rotatable bonds is 3. The summed E-state index contributed by atoms with van der Waals surface area (Å²) < 4.78 is 27.6. The van der Waals surface area contributed by atoms with Crippen LogP contribution in [0, 0.1) is 6.92 Å². The van der Waals surface area contributed by atoms with Crippen LogP contribution >= 0.6 is 0 Å². The summed E-state index contributed by atoms with van der Waals surface area (Å²) in [5, 5.41) is 9.03. The van der Waals surface area contributed by atoms with E-state index in [2.05, 4.69) is 11.7 Å². The minimum absolute atomic E-state index is 0.0233. The van der Waals surface area contributed by atoms with E-state index in [1.165, 1.54) is 18.2 Å². The average Bonchev–Trinajstić information content (AvgIpc) is 2.03. The fourth-order valence-corrected chi connectivity index (χ4v) is 0.898. The van der Waals surface area contributed by atoms with Gasteiger partial charge < -0.3 is 9.84 Å². The molecule has 0 aliphatic carbocycles. The molecule has 1 atom stereocenters. The van der Waals surface area contributed by atoms with Crippen LogP contribution in [0.1, 0.15) is 11.7 Å². The Morgan fingerprint density at radius 2 is 2.08 bits per heavy atom. The SMILES string of the molecule is [CH2]C(O)c1cccc(OC(F)F)c1. The predicted molar refractivity (Wildman–Crippen MR) is 43.4 cm³/mol. The number of aliphatic hydroxyl groups is 1. The largest absolute Gasteiger partial charge is 0.435 e. The van der Waals surface area contributed by atoms with Gasteiger partial charge in [-0.15, -0.1) is 0 Å². The van der Waals surface area contributed by atoms with E-state index in [0.717, 1.165) is 0 Å². The van der Waals surface area contributed by atoms with Gasteiger partial charge in [0.05, 0.1) is 6.10 Å². The maximum atomic E-state index is 11.8. The Kier molecular flexibility index (Phi) is 3.19. The maximum Gasteiger partial charge on any atom is 0.387 e. The number of aliphatic hydroxyl groups excluding tert-OH is 1. The predicted octanol–water partition coefficient (Wildman–Crippen LogP) is 2.16. The topological polar surface area (TPSA) is 29.5 Å². The first kappa shape index (κ1) is 9.92. The van der Waals surface area contributed by atoms with Gasteiger partial charge in [0.1, 0.15) is 5.75 Å². The van der Waals surface area contributed by atoms with Crippen molar-refractivity contribution in [3.05, 3.63) is 36.8 Å². The zero-order valence-corrected chi connectivity index (χ0v) is 6.78. The van der Waals surface area contributed by atoms with E-state index >= 15 is 0 Å². The molecular weight excluding hydrogens is 178 g/mol. The smallest absolute Gasteiger partial charge is 0.387 e. The Labute approximate surface area is 74.8 Å². The second-order valence-corrected chi connectivity index (χ2v) is 2.47. The molecule has 1 N–H and O–H groups in total. The van der Waals surface area contributed by atoms with Crippen LogP contribution in [0.2, 0.25) is 0 Å². The van der Waals surface area contributed by atoms with Crippen LogP contribution in [-0.4, -0.2) is 11.7 Å². The highest BCUT2D eigenvalue weighted by Gasteiger charge is 2.06. The quantitative estimate of drug-likeness (QED) is 0.785. The fraction of sp³-hybridized carbons (Fsp3) is 0.222. The van der Waals surface area contributed by atoms with Crippen LogP contribution in [-0.2, 0) is 0 Å². The molecule has 2 nitrogen and oxygen atoms in total. The molecule has 1 aromatic carbocycles. The summed E-state index contributed by atoms with van der Waals surface area (Å²) in [6.45, 7) is 0.492. The molecule has 71 valence electrons. The second kappa shape index (κ2) is 4.18. The van der Waals surface area contributed by atoms with Gasteiger partial charge in [-0.05, 0) is 24.6 Å². The number of benzene rings is 1. The number of alkyl halides is 2. The van der Waals surface area contributed by atoms with Crippen molar-refractivity contribution in [2.75, 3.05) is 0 Å². The maximum absolute atomic E-state index is 11.8. The van der Waals surface area contributed by atoms with Crippen molar-refractivity contribution >= 4 is 0 Å². The monoisotopic (exact) mass is 187 g/mol. The summed E-state index contributed by atoms with van der Waals surface area (Å²) in [6, 6.07) is 5.80. The molecule has 0 fully saturated rings. The van der Waals surface area contributed by atoms with Gasteiger partial charge in [0.25, 0.3) is 0 Å². The molecule has 0 aliphatic heterocycles. The normalized spacial score (nSPS) is 13.0. The van der Waals surface area contributed by atoms with Gasteiger partial charge in [0.2, 0.25) is 0 Å². The summed E-state index contributed by atoms with van der Waals surface area (Å²) in [4.78, 5) is 0. The van der Waals surface area contributed by atoms with Crippen LogP contribution in [0.15, 0.2) is 24.3 Å². The molecule has 0 aliphatic rings. The summed E-state index contributed by atoms with van der Waals surface area (Å²) in [7, 11) is 0. The zero-order valence-electron chi connectivity index (χ0n) is 6.78. The first-order valence-electron chi connectivity index (χ1n) is 3.65. The van der Waals surface area contributed by atoms with Crippen LogP contribution in [0.4, 0.5) is 8.78 Å². The summed E-state index contributed by atoms with van der Waals surface area (Å²) >= 11 is 0. The third kappa shape index (κ3) is 2.99. The molecular formula is C9H9F2O2. The third-order valence-electron chi connectivity index (χ3n) is 1.47. The number of halogens is 2. The van der Waals surface area contributed by atoms with E-state index in [9.17, 15) is 8.78 Å². The number of ether oxygens (including phenoxy) is 1. The summed E-state index contributed by atoms with van der Waals surface area (Å²) in [5.74, 6) is 0.0233. The van der Waals surface area contributed by atoms with Crippen LogP contribution in [0.25, 0.3) is 0 Å². The minimum Gasteiger partial charge on any atom is -0.435 e. The molecule has 0 saturated carbocycles. The van der Waals surface area contributed by atoms with Crippen molar-refractivity contribution in [1.82, 2.24) is 0 Å². The van der Waals surface area contributed by atoms with Crippen molar-refractivity contribution in [3.8, 4) is 5.75 Å². The van der Waals surface area contributed by atoms with E-state index in [-0.39, 0.29) is 5.75 Å². The molecule has 1 rings (SSSR count). The summed E-state index contributed by atoms with van der Waals surface area (Å²) in [6.07, 6.45) is -0.929. The molecule has 4 heteroatoms. The Bertz CT molecular complexity index is 274. The highest BCUT2D eigenvalue weighted by Crippen LogP contribution is 2.19. The van der Waals surface area contributed by atoms with E-state index in [1.54, 1.807) is 6.07 Å². The lowest BCUT2D eigenvalue weighted by molar-refractivity contribution is -0.0499. The lowest BCUT2D eigenvalue weighted by atomic mass is 10.1. The van der Waals surface area contributed by atoms with Crippen LogP contribution in [0.5, 0.6) is 5.75 Å². The van der Waals surface area contributed by atoms with Gasteiger partial charge in [0.15, 0.2) is 0 Å². The van der Waals surface area contributed by atoms with Crippen molar-refractivity contribution in [2.24, 2.45) is 0 Å². The van der Waals surface area contributed by atoms with E-state index in [1.807, 2.05) is 0 Å². The lowest BCUT2D eigenvalue weighted by Crippen LogP contribution is -2.02. The molecule has 1 aromatic rings. The minimum atomic E-state index is -2.85. The highest BCUT2D eigenvalue weighted by molar-refractivity contribution is 5.30. The lowest BCUT2D eigenvalue weighted by Gasteiger charge is -2.07. The molecule has 0 saturated heterocycles. The second-order valence-electron chi connectivity index (χ2n) is 2.47. The third-order valence-corrected chi connectivity index (χ3v) is 1.47. The Hall–Kier alpha value is -1.16. The van der Waals surface area contributed by atoms with Crippen LogP contribution in [0.3, 0.4) is 0 Å². The van der Waals surface area contributed by atoms with E-state index in [0.29, 0.717) is 5.56 Å². The van der Waals surface area contributed by atoms with E-state index in [4.69, 9.17) is 5.11 Å². The highest BCUT2D eigenvalue weighted by atomic mass is 19.3. The first-order chi connectivity index (χ1) is 6.09. The first-order valence-corrected chi connectivity index (χ1v) is 3.65. The fourth-order valence-electron chi connectivity index (χ4n) is 0.898. The molecule has 0 amide bonds. The Morgan fingerprint density at radius 3 is 2.62 bits per heavy atom. The van der Waals surface area contributed by atoms with Crippen molar-refractivity contribution in [1.29, 1.82) is 0 Å². The molecule has 0 heterocycles. The molecule has 0 spiro atoms. The van der Waals surface area contributed by atoms with Gasteiger partial charge in [-0.3, -0.25) is 0 Å². The van der Waals surface area contributed by atoms with E-state index < -0.39 is 12.7 Å². The van der Waals surface area contributed by atoms with Gasteiger partial charge >= 0.3 is 6.61 Å². The van der Waals surface area contributed by atoms with Crippen molar-refractivity contribution in [3.63, 3.8) is 0 Å². The Morgan fingerprint density at radius 1 is 1.38 bits per heavy atom. The van der Waals surface area contributed by atoms with Crippen molar-refractivity contribution < 1.29 is 18.6 Å². The average molecular weight is 187 g/mol.